The molecular formula is C16H17BrN2O2. The number of nitrogen functional groups attached to an aromatic ring is 1. The van der Waals surface area contributed by atoms with E-state index in [4.69, 9.17) is 10.5 Å². The number of aryl methyl sites for hydroxylation is 1. The van der Waals surface area contributed by atoms with Crippen LogP contribution in [0, 0.1) is 6.92 Å². The van der Waals surface area contributed by atoms with E-state index in [2.05, 4.69) is 21.2 Å². The van der Waals surface area contributed by atoms with E-state index in [1.165, 1.54) is 0 Å². The fraction of sp³-hybridized carbons (Fsp3) is 0.188. The molecule has 4 nitrogen and oxygen atoms in total. The van der Waals surface area contributed by atoms with E-state index >= 15 is 0 Å². The Morgan fingerprint density at radius 3 is 2.57 bits per heavy atom. The fourth-order valence-electron chi connectivity index (χ4n) is 1.85. The zero-order chi connectivity index (χ0) is 15.4. The minimum Gasteiger partial charge on any atom is -0.494 e. The molecule has 110 valence electrons. The molecule has 0 saturated carbocycles. The van der Waals surface area contributed by atoms with Gasteiger partial charge in [-0.25, -0.2) is 0 Å². The summed E-state index contributed by atoms with van der Waals surface area (Å²) in [6, 6.07) is 10.6. The van der Waals surface area contributed by atoms with Crippen LogP contribution in [0.2, 0.25) is 0 Å². The SMILES string of the molecule is CCOc1ccc(C(=O)Nc2cc(N)c(C)cc2Br)cc1. The monoisotopic (exact) mass is 348 g/mol. The van der Waals surface area contributed by atoms with Crippen molar-refractivity contribution < 1.29 is 9.53 Å². The van der Waals surface area contributed by atoms with Crippen LogP contribution >= 0.6 is 15.9 Å². The Morgan fingerprint density at radius 2 is 1.95 bits per heavy atom. The number of carbonyl (C=O) groups is 1. The summed E-state index contributed by atoms with van der Waals surface area (Å²) in [6.45, 7) is 4.43. The number of benzene rings is 2. The minimum atomic E-state index is -0.193. The molecule has 0 bridgehead atoms. The molecule has 1 amide bonds. The van der Waals surface area contributed by atoms with Gasteiger partial charge in [-0.15, -0.1) is 0 Å². The van der Waals surface area contributed by atoms with E-state index in [0.717, 1.165) is 15.8 Å². The van der Waals surface area contributed by atoms with Crippen LogP contribution in [0.5, 0.6) is 5.75 Å². The number of carbonyl (C=O) groups excluding carboxylic acids is 1. The Bertz CT molecular complexity index is 654. The van der Waals surface area contributed by atoms with E-state index in [1.54, 1.807) is 30.3 Å². The van der Waals surface area contributed by atoms with E-state index in [-0.39, 0.29) is 5.91 Å². The van der Waals surface area contributed by atoms with Gasteiger partial charge in [0.25, 0.3) is 5.91 Å². The highest BCUT2D eigenvalue weighted by atomic mass is 79.9. The van der Waals surface area contributed by atoms with Gasteiger partial charge in [0.15, 0.2) is 0 Å². The van der Waals surface area contributed by atoms with Crippen molar-refractivity contribution in [2.45, 2.75) is 13.8 Å². The highest BCUT2D eigenvalue weighted by molar-refractivity contribution is 9.10. The number of nitrogens with two attached hydrogens (primary N) is 1. The molecule has 0 fully saturated rings. The Kier molecular flexibility index (Phi) is 4.85. The number of hydrogen-bond donors (Lipinski definition) is 2. The molecule has 0 aliphatic carbocycles. The third-order valence-corrected chi connectivity index (χ3v) is 3.69. The second kappa shape index (κ2) is 6.63. The van der Waals surface area contributed by atoms with Crippen LogP contribution in [0.25, 0.3) is 0 Å². The van der Waals surface area contributed by atoms with Crippen LogP contribution < -0.4 is 15.8 Å². The first-order valence-electron chi connectivity index (χ1n) is 6.61. The number of nitrogens with one attached hydrogen (secondary N) is 1. The van der Waals surface area contributed by atoms with Gasteiger partial charge in [-0.05, 0) is 71.7 Å². The van der Waals surface area contributed by atoms with Crippen molar-refractivity contribution >= 4 is 33.2 Å². The second-order valence-corrected chi connectivity index (χ2v) is 5.45. The number of halogens is 1. The zero-order valence-corrected chi connectivity index (χ0v) is 13.5. The first-order chi connectivity index (χ1) is 10.0. The molecule has 2 rings (SSSR count). The van der Waals surface area contributed by atoms with Gasteiger partial charge in [0, 0.05) is 15.7 Å². The normalized spacial score (nSPS) is 10.2. The molecule has 21 heavy (non-hydrogen) atoms. The summed E-state index contributed by atoms with van der Waals surface area (Å²) in [5, 5.41) is 2.84. The van der Waals surface area contributed by atoms with Crippen molar-refractivity contribution in [2.75, 3.05) is 17.7 Å². The maximum absolute atomic E-state index is 12.2. The van der Waals surface area contributed by atoms with Gasteiger partial charge in [-0.1, -0.05) is 0 Å². The Hall–Kier alpha value is -2.01. The maximum Gasteiger partial charge on any atom is 0.255 e. The second-order valence-electron chi connectivity index (χ2n) is 4.60. The lowest BCUT2D eigenvalue weighted by atomic mass is 10.1. The lowest BCUT2D eigenvalue weighted by molar-refractivity contribution is 0.102. The average Bonchev–Trinajstić information content (AvgIpc) is 2.46. The third-order valence-electron chi connectivity index (χ3n) is 3.03. The highest BCUT2D eigenvalue weighted by Crippen LogP contribution is 2.28. The average molecular weight is 349 g/mol. The summed E-state index contributed by atoms with van der Waals surface area (Å²) < 4.78 is 6.15. The van der Waals surface area contributed by atoms with Crippen LogP contribution in [0.4, 0.5) is 11.4 Å². The third kappa shape index (κ3) is 3.76. The fourth-order valence-corrected chi connectivity index (χ4v) is 2.41. The standard InChI is InChI=1S/C16H17BrN2O2/c1-3-21-12-6-4-11(5-7-12)16(20)19-15-9-14(18)10(2)8-13(15)17/h4-9H,3,18H2,1-2H3,(H,19,20). The number of hydrogen-bond acceptors (Lipinski definition) is 3. The van der Waals surface area contributed by atoms with E-state index in [0.29, 0.717) is 23.5 Å². The molecule has 2 aromatic carbocycles. The molecule has 0 unspecified atom stereocenters. The molecule has 0 aromatic heterocycles. The van der Waals surface area contributed by atoms with Crippen molar-refractivity contribution in [1.29, 1.82) is 0 Å². The summed E-state index contributed by atoms with van der Waals surface area (Å²) in [5.41, 5.74) is 8.68. The van der Waals surface area contributed by atoms with Gasteiger partial charge < -0.3 is 15.8 Å². The zero-order valence-electron chi connectivity index (χ0n) is 11.9. The molecule has 5 heteroatoms. The molecule has 0 heterocycles. The molecule has 3 N–H and O–H groups in total. The smallest absolute Gasteiger partial charge is 0.255 e. The molecule has 0 spiro atoms. The Balaban J connectivity index is 2.16. The Morgan fingerprint density at radius 1 is 1.29 bits per heavy atom. The molecular weight excluding hydrogens is 332 g/mol. The molecule has 0 saturated heterocycles. The first kappa shape index (κ1) is 15.4. The van der Waals surface area contributed by atoms with Gasteiger partial charge in [-0.3, -0.25) is 4.79 Å². The van der Waals surface area contributed by atoms with Crippen molar-refractivity contribution in [3.63, 3.8) is 0 Å². The number of amides is 1. The highest BCUT2D eigenvalue weighted by Gasteiger charge is 2.10. The number of anilines is 2. The van der Waals surface area contributed by atoms with E-state index in [9.17, 15) is 4.79 Å². The summed E-state index contributed by atoms with van der Waals surface area (Å²) in [5.74, 6) is 0.553. The topological polar surface area (TPSA) is 64.3 Å². The summed E-state index contributed by atoms with van der Waals surface area (Å²) in [4.78, 5) is 12.2. The minimum absolute atomic E-state index is 0.193. The molecule has 0 atom stereocenters. The lowest BCUT2D eigenvalue weighted by Gasteiger charge is -2.10. The molecule has 0 aliphatic rings. The summed E-state index contributed by atoms with van der Waals surface area (Å²) >= 11 is 3.42. The number of rotatable bonds is 4. The van der Waals surface area contributed by atoms with Crippen LogP contribution in [0.3, 0.4) is 0 Å². The molecule has 0 radical (unpaired) electrons. The predicted molar refractivity (Wildman–Crippen MR) is 88.9 cm³/mol. The summed E-state index contributed by atoms with van der Waals surface area (Å²) in [7, 11) is 0. The van der Waals surface area contributed by atoms with Gasteiger partial charge in [0.1, 0.15) is 5.75 Å². The molecule has 0 aliphatic heterocycles. The summed E-state index contributed by atoms with van der Waals surface area (Å²) in [6.07, 6.45) is 0. The van der Waals surface area contributed by atoms with Crippen molar-refractivity contribution in [1.82, 2.24) is 0 Å². The van der Waals surface area contributed by atoms with Gasteiger partial charge in [0.05, 0.1) is 12.3 Å². The van der Waals surface area contributed by atoms with Crippen molar-refractivity contribution in [3.8, 4) is 5.75 Å². The molecule has 2 aromatic rings. The first-order valence-corrected chi connectivity index (χ1v) is 7.40. The van der Waals surface area contributed by atoms with Gasteiger partial charge in [0.2, 0.25) is 0 Å². The van der Waals surface area contributed by atoms with Crippen molar-refractivity contribution in [2.24, 2.45) is 0 Å². The van der Waals surface area contributed by atoms with E-state index in [1.807, 2.05) is 19.9 Å². The van der Waals surface area contributed by atoms with Crippen LogP contribution in [-0.2, 0) is 0 Å². The van der Waals surface area contributed by atoms with Crippen LogP contribution in [-0.4, -0.2) is 12.5 Å². The largest absolute Gasteiger partial charge is 0.494 e. The quantitative estimate of drug-likeness (QED) is 0.821. The lowest BCUT2D eigenvalue weighted by Crippen LogP contribution is -2.12. The van der Waals surface area contributed by atoms with Gasteiger partial charge in [-0.2, -0.15) is 0 Å². The van der Waals surface area contributed by atoms with Crippen molar-refractivity contribution in [3.05, 3.63) is 52.0 Å². The maximum atomic E-state index is 12.2. The van der Waals surface area contributed by atoms with Gasteiger partial charge >= 0.3 is 0 Å². The van der Waals surface area contributed by atoms with Crippen LogP contribution in [0.1, 0.15) is 22.8 Å². The Labute approximate surface area is 132 Å². The van der Waals surface area contributed by atoms with Crippen LogP contribution in [0.15, 0.2) is 40.9 Å². The van der Waals surface area contributed by atoms with E-state index < -0.39 is 0 Å². The predicted octanol–water partition coefficient (Wildman–Crippen LogP) is 3.99. The number of ether oxygens (including phenoxy) is 1.